The molecule has 1 saturated heterocycles. The molecule has 0 saturated carbocycles. The first-order valence-electron chi connectivity index (χ1n) is 4.62. The summed E-state index contributed by atoms with van der Waals surface area (Å²) in [6, 6.07) is 0. The highest BCUT2D eigenvalue weighted by atomic mass is 16.5. The van der Waals surface area contributed by atoms with E-state index in [9.17, 15) is 0 Å². The van der Waals surface area contributed by atoms with Crippen LogP contribution in [0.1, 0.15) is 13.3 Å². The van der Waals surface area contributed by atoms with Crippen LogP contribution in [-0.4, -0.2) is 47.9 Å². The fraction of sp³-hybridized carbons (Fsp3) is 1.00. The van der Waals surface area contributed by atoms with E-state index in [4.69, 9.17) is 20.1 Å². The molecule has 0 spiro atoms. The maximum Gasteiger partial charge on any atom is 0.0550 e. The van der Waals surface area contributed by atoms with Gasteiger partial charge in [0, 0.05) is 5.41 Å². The molecule has 0 aliphatic carbocycles. The van der Waals surface area contributed by atoms with E-state index in [0.717, 1.165) is 6.42 Å². The van der Waals surface area contributed by atoms with E-state index >= 15 is 0 Å². The number of ether oxygens (including phenoxy) is 1. The minimum absolute atomic E-state index is 0.0579. The molecule has 1 rings (SSSR count). The van der Waals surface area contributed by atoms with Gasteiger partial charge in [-0.2, -0.15) is 0 Å². The molecular weight excluding hydrogens is 172 g/mol. The van der Waals surface area contributed by atoms with Gasteiger partial charge in [-0.15, -0.1) is 0 Å². The standard InChI is InChI=1S/C9H18O4/c1-7-2-8(3-13-7)9(4-10,5-11)6-12/h7-8,10-12H,2-6H2,1H3. The zero-order chi connectivity index (χ0) is 9.90. The van der Waals surface area contributed by atoms with Crippen LogP contribution in [0.3, 0.4) is 0 Å². The van der Waals surface area contributed by atoms with Crippen LogP contribution in [0, 0.1) is 11.3 Å². The van der Waals surface area contributed by atoms with E-state index in [-0.39, 0.29) is 31.8 Å². The van der Waals surface area contributed by atoms with Crippen LogP contribution in [0.15, 0.2) is 0 Å². The van der Waals surface area contributed by atoms with Crippen LogP contribution in [0.5, 0.6) is 0 Å². The summed E-state index contributed by atoms with van der Waals surface area (Å²) in [6.45, 7) is 1.89. The van der Waals surface area contributed by atoms with E-state index in [1.807, 2.05) is 6.92 Å². The lowest BCUT2D eigenvalue weighted by Crippen LogP contribution is -2.41. The Kier molecular flexibility index (Phi) is 3.67. The fourth-order valence-corrected chi connectivity index (χ4v) is 1.78. The largest absolute Gasteiger partial charge is 0.396 e. The summed E-state index contributed by atoms with van der Waals surface area (Å²) < 4.78 is 5.34. The van der Waals surface area contributed by atoms with E-state index < -0.39 is 5.41 Å². The molecule has 1 aliphatic rings. The lowest BCUT2D eigenvalue weighted by atomic mass is 9.76. The third-order valence-electron chi connectivity index (χ3n) is 3.01. The number of hydrogen-bond donors (Lipinski definition) is 3. The minimum Gasteiger partial charge on any atom is -0.396 e. The highest BCUT2D eigenvalue weighted by molar-refractivity contribution is 4.89. The summed E-state index contributed by atoms with van der Waals surface area (Å²) in [5, 5.41) is 27.4. The first-order valence-corrected chi connectivity index (χ1v) is 4.62. The summed E-state index contributed by atoms with van der Waals surface area (Å²) >= 11 is 0. The Hall–Kier alpha value is -0.160. The van der Waals surface area contributed by atoms with Gasteiger partial charge < -0.3 is 20.1 Å². The Labute approximate surface area is 78.1 Å². The summed E-state index contributed by atoms with van der Waals surface area (Å²) in [6.07, 6.45) is 0.954. The van der Waals surface area contributed by atoms with Crippen molar-refractivity contribution in [2.75, 3.05) is 26.4 Å². The van der Waals surface area contributed by atoms with Crippen molar-refractivity contribution >= 4 is 0 Å². The first kappa shape index (κ1) is 10.9. The molecule has 13 heavy (non-hydrogen) atoms. The van der Waals surface area contributed by atoms with Crippen molar-refractivity contribution in [2.45, 2.75) is 19.4 Å². The molecule has 2 unspecified atom stereocenters. The molecule has 0 radical (unpaired) electrons. The Bertz CT molecular complexity index is 147. The van der Waals surface area contributed by atoms with Crippen molar-refractivity contribution in [3.63, 3.8) is 0 Å². The summed E-state index contributed by atoms with van der Waals surface area (Å²) in [4.78, 5) is 0. The van der Waals surface area contributed by atoms with Crippen molar-refractivity contribution < 1.29 is 20.1 Å². The molecule has 1 heterocycles. The quantitative estimate of drug-likeness (QED) is 0.552. The van der Waals surface area contributed by atoms with Crippen LogP contribution in [0.2, 0.25) is 0 Å². The van der Waals surface area contributed by atoms with Crippen molar-refractivity contribution in [1.82, 2.24) is 0 Å². The lowest BCUT2D eigenvalue weighted by molar-refractivity contribution is -0.0407. The number of aliphatic hydroxyl groups excluding tert-OH is 3. The number of hydrogen-bond acceptors (Lipinski definition) is 4. The SMILES string of the molecule is CC1CC(C(CO)(CO)CO)CO1. The lowest BCUT2D eigenvalue weighted by Gasteiger charge is -2.32. The Morgan fingerprint density at radius 3 is 2.08 bits per heavy atom. The molecule has 0 amide bonds. The molecule has 1 aliphatic heterocycles. The van der Waals surface area contributed by atoms with Gasteiger partial charge in [-0.3, -0.25) is 0 Å². The molecular formula is C9H18O4. The maximum absolute atomic E-state index is 9.15. The topological polar surface area (TPSA) is 69.9 Å². The third kappa shape index (κ3) is 2.02. The molecule has 0 aromatic carbocycles. The zero-order valence-corrected chi connectivity index (χ0v) is 7.94. The molecule has 4 nitrogen and oxygen atoms in total. The smallest absolute Gasteiger partial charge is 0.0550 e. The van der Waals surface area contributed by atoms with Gasteiger partial charge in [0.05, 0.1) is 32.5 Å². The number of rotatable bonds is 4. The van der Waals surface area contributed by atoms with Gasteiger partial charge in [-0.1, -0.05) is 0 Å². The molecule has 1 fully saturated rings. The fourth-order valence-electron chi connectivity index (χ4n) is 1.78. The van der Waals surface area contributed by atoms with Crippen LogP contribution >= 0.6 is 0 Å². The maximum atomic E-state index is 9.15. The Morgan fingerprint density at radius 2 is 1.77 bits per heavy atom. The molecule has 3 N–H and O–H groups in total. The van der Waals surface area contributed by atoms with Crippen LogP contribution in [0.4, 0.5) is 0 Å². The van der Waals surface area contributed by atoms with Gasteiger partial charge in [-0.05, 0) is 19.3 Å². The van der Waals surface area contributed by atoms with Crippen LogP contribution in [0.25, 0.3) is 0 Å². The van der Waals surface area contributed by atoms with E-state index in [1.165, 1.54) is 0 Å². The van der Waals surface area contributed by atoms with Crippen LogP contribution in [-0.2, 0) is 4.74 Å². The van der Waals surface area contributed by atoms with E-state index in [2.05, 4.69) is 0 Å². The second kappa shape index (κ2) is 4.37. The highest BCUT2D eigenvalue weighted by Crippen LogP contribution is 2.35. The average Bonchev–Trinajstić information content (AvgIpc) is 2.57. The van der Waals surface area contributed by atoms with E-state index in [0.29, 0.717) is 6.61 Å². The van der Waals surface area contributed by atoms with Gasteiger partial charge in [0.15, 0.2) is 0 Å². The predicted octanol–water partition coefficient (Wildman–Crippen LogP) is -0.625. The highest BCUT2D eigenvalue weighted by Gasteiger charge is 2.41. The minimum atomic E-state index is -0.773. The Balaban J connectivity index is 2.64. The molecule has 0 aromatic rings. The average molecular weight is 190 g/mol. The molecule has 0 bridgehead atoms. The van der Waals surface area contributed by atoms with Crippen LogP contribution < -0.4 is 0 Å². The Morgan fingerprint density at radius 1 is 1.23 bits per heavy atom. The molecule has 4 heteroatoms. The van der Waals surface area contributed by atoms with Gasteiger partial charge in [0.2, 0.25) is 0 Å². The van der Waals surface area contributed by atoms with Crippen molar-refractivity contribution in [3.05, 3.63) is 0 Å². The normalized spacial score (nSPS) is 29.5. The van der Waals surface area contributed by atoms with Gasteiger partial charge in [0.25, 0.3) is 0 Å². The predicted molar refractivity (Wildman–Crippen MR) is 47.2 cm³/mol. The molecule has 2 atom stereocenters. The number of aliphatic hydroxyl groups is 3. The van der Waals surface area contributed by atoms with Crippen molar-refractivity contribution in [3.8, 4) is 0 Å². The second-order valence-electron chi connectivity index (χ2n) is 3.91. The monoisotopic (exact) mass is 190 g/mol. The van der Waals surface area contributed by atoms with E-state index in [1.54, 1.807) is 0 Å². The van der Waals surface area contributed by atoms with Crippen molar-refractivity contribution in [1.29, 1.82) is 0 Å². The molecule has 0 aromatic heterocycles. The third-order valence-corrected chi connectivity index (χ3v) is 3.01. The summed E-state index contributed by atoms with van der Waals surface area (Å²) in [7, 11) is 0. The second-order valence-corrected chi connectivity index (χ2v) is 3.91. The van der Waals surface area contributed by atoms with Crippen molar-refractivity contribution in [2.24, 2.45) is 11.3 Å². The summed E-state index contributed by atoms with van der Waals surface area (Å²) in [5.41, 5.74) is -0.773. The molecule has 78 valence electrons. The van der Waals surface area contributed by atoms with Gasteiger partial charge in [0.1, 0.15) is 0 Å². The first-order chi connectivity index (χ1) is 6.18. The zero-order valence-electron chi connectivity index (χ0n) is 7.94. The summed E-state index contributed by atoms with van der Waals surface area (Å²) in [5.74, 6) is 0.0579. The van der Waals surface area contributed by atoms with Gasteiger partial charge in [-0.25, -0.2) is 0 Å². The van der Waals surface area contributed by atoms with Gasteiger partial charge >= 0.3 is 0 Å².